The van der Waals surface area contributed by atoms with Crippen molar-refractivity contribution in [2.75, 3.05) is 6.61 Å². The molecule has 0 spiro atoms. The summed E-state index contributed by atoms with van der Waals surface area (Å²) in [6.07, 6.45) is 0. The largest absolute Gasteiger partial charge is 0.395 e. The van der Waals surface area contributed by atoms with Gasteiger partial charge in [-0.2, -0.15) is 0 Å². The van der Waals surface area contributed by atoms with E-state index in [1.807, 2.05) is 13.8 Å². The lowest BCUT2D eigenvalue weighted by Crippen LogP contribution is -2.21. The first-order valence-electron chi connectivity index (χ1n) is 4.54. The molecule has 0 fully saturated rings. The molecule has 0 unspecified atom stereocenters. The summed E-state index contributed by atoms with van der Waals surface area (Å²) in [6, 6.07) is 0. The Morgan fingerprint density at radius 3 is 2.54 bits per heavy atom. The van der Waals surface area contributed by atoms with E-state index < -0.39 is 0 Å². The molecule has 3 heteroatoms. The molecule has 1 heterocycles. The molecule has 74 valence electrons. The first-order chi connectivity index (χ1) is 5.97. The van der Waals surface area contributed by atoms with E-state index in [2.05, 4.69) is 24.2 Å². The van der Waals surface area contributed by atoms with Crippen LogP contribution < -0.4 is 0 Å². The van der Waals surface area contributed by atoms with Crippen LogP contribution in [0.2, 0.25) is 0 Å². The van der Waals surface area contributed by atoms with Gasteiger partial charge in [-0.1, -0.05) is 27.7 Å². The predicted octanol–water partition coefficient (Wildman–Crippen LogP) is 2.54. The zero-order chi connectivity index (χ0) is 10.1. The van der Waals surface area contributed by atoms with Crippen molar-refractivity contribution in [3.63, 3.8) is 0 Å². The molecule has 2 nitrogen and oxygen atoms in total. The molecule has 0 bridgehead atoms. The molecule has 1 aromatic heterocycles. The van der Waals surface area contributed by atoms with Crippen molar-refractivity contribution in [2.24, 2.45) is 0 Å². The number of nitrogens with zero attached hydrogens (tertiary/aromatic N) is 1. The maximum absolute atomic E-state index is 9.16. The van der Waals surface area contributed by atoms with Gasteiger partial charge in [-0.05, 0) is 5.92 Å². The summed E-state index contributed by atoms with van der Waals surface area (Å²) in [5.74, 6) is 0.472. The van der Waals surface area contributed by atoms with Crippen molar-refractivity contribution in [1.29, 1.82) is 0 Å². The normalized spacial score (nSPS) is 12.5. The molecule has 0 aliphatic rings. The fourth-order valence-corrected chi connectivity index (χ4v) is 2.03. The Morgan fingerprint density at radius 2 is 2.15 bits per heavy atom. The van der Waals surface area contributed by atoms with Gasteiger partial charge < -0.3 is 5.11 Å². The fourth-order valence-electron chi connectivity index (χ4n) is 0.930. The number of aromatic nitrogens is 1. The van der Waals surface area contributed by atoms with E-state index in [9.17, 15) is 0 Å². The molecule has 0 saturated carbocycles. The van der Waals surface area contributed by atoms with Gasteiger partial charge in [0.25, 0.3) is 0 Å². The number of thiazole rings is 1. The molecule has 0 amide bonds. The minimum atomic E-state index is -0.197. The molecule has 0 radical (unpaired) electrons. The van der Waals surface area contributed by atoms with Gasteiger partial charge in [0, 0.05) is 10.8 Å². The van der Waals surface area contributed by atoms with Crippen molar-refractivity contribution in [3.05, 3.63) is 16.1 Å². The quantitative estimate of drug-likeness (QED) is 0.811. The minimum Gasteiger partial charge on any atom is -0.395 e. The first kappa shape index (κ1) is 10.7. The molecule has 0 atom stereocenters. The molecule has 0 saturated heterocycles. The highest BCUT2D eigenvalue weighted by Gasteiger charge is 2.23. The monoisotopic (exact) mass is 199 g/mol. The van der Waals surface area contributed by atoms with Crippen molar-refractivity contribution in [1.82, 2.24) is 4.98 Å². The van der Waals surface area contributed by atoms with E-state index in [4.69, 9.17) is 5.11 Å². The smallest absolute Gasteiger partial charge is 0.101 e. The zero-order valence-corrected chi connectivity index (χ0v) is 9.48. The summed E-state index contributed by atoms with van der Waals surface area (Å²) in [5, 5.41) is 12.3. The summed E-state index contributed by atoms with van der Waals surface area (Å²) >= 11 is 1.64. The van der Waals surface area contributed by atoms with Crippen LogP contribution in [0.4, 0.5) is 0 Å². The molecule has 1 aromatic rings. The van der Waals surface area contributed by atoms with E-state index in [-0.39, 0.29) is 12.0 Å². The van der Waals surface area contributed by atoms with Crippen molar-refractivity contribution in [3.8, 4) is 0 Å². The predicted molar refractivity (Wildman–Crippen MR) is 56.3 cm³/mol. The number of hydrogen-bond acceptors (Lipinski definition) is 3. The third kappa shape index (κ3) is 2.29. The Morgan fingerprint density at radius 1 is 1.54 bits per heavy atom. The third-order valence-electron chi connectivity index (χ3n) is 2.09. The average molecular weight is 199 g/mol. The Bertz CT molecular complexity index is 278. The maximum atomic E-state index is 9.16. The van der Waals surface area contributed by atoms with E-state index in [0.29, 0.717) is 5.92 Å². The minimum absolute atomic E-state index is 0.151. The van der Waals surface area contributed by atoms with Gasteiger partial charge in [0.2, 0.25) is 0 Å². The summed E-state index contributed by atoms with van der Waals surface area (Å²) in [4.78, 5) is 4.51. The highest BCUT2D eigenvalue weighted by atomic mass is 32.1. The SMILES string of the molecule is CC(C)c1csc(C(C)(C)CO)n1. The van der Waals surface area contributed by atoms with Gasteiger partial charge in [0.1, 0.15) is 5.01 Å². The van der Waals surface area contributed by atoms with Gasteiger partial charge in [-0.3, -0.25) is 0 Å². The lowest BCUT2D eigenvalue weighted by atomic mass is 9.96. The van der Waals surface area contributed by atoms with Crippen LogP contribution in [0.1, 0.15) is 44.3 Å². The lowest BCUT2D eigenvalue weighted by molar-refractivity contribution is 0.218. The second-order valence-electron chi connectivity index (χ2n) is 4.27. The Kier molecular flexibility index (Phi) is 3.09. The lowest BCUT2D eigenvalue weighted by Gasteiger charge is -2.17. The number of rotatable bonds is 3. The van der Waals surface area contributed by atoms with Crippen LogP contribution in [0, 0.1) is 0 Å². The van der Waals surface area contributed by atoms with Gasteiger partial charge in [0.05, 0.1) is 12.3 Å². The number of aliphatic hydroxyl groups excluding tert-OH is 1. The molecular formula is C10H17NOS. The highest BCUT2D eigenvalue weighted by Crippen LogP contribution is 2.28. The topological polar surface area (TPSA) is 33.1 Å². The molecule has 0 aromatic carbocycles. The van der Waals surface area contributed by atoms with Crippen LogP contribution in [0.15, 0.2) is 5.38 Å². The number of hydrogen-bond donors (Lipinski definition) is 1. The Labute approximate surface area is 83.6 Å². The van der Waals surface area contributed by atoms with Crippen LogP contribution >= 0.6 is 11.3 Å². The zero-order valence-electron chi connectivity index (χ0n) is 8.66. The van der Waals surface area contributed by atoms with Crippen LogP contribution in [-0.4, -0.2) is 16.7 Å². The van der Waals surface area contributed by atoms with Gasteiger partial charge in [-0.25, -0.2) is 4.98 Å². The standard InChI is InChI=1S/C10H17NOS/c1-7(2)8-5-13-9(11-8)10(3,4)6-12/h5,7,12H,6H2,1-4H3. The average Bonchev–Trinajstić information content (AvgIpc) is 2.52. The van der Waals surface area contributed by atoms with Crippen LogP contribution in [0.3, 0.4) is 0 Å². The molecule has 0 aliphatic carbocycles. The molecule has 13 heavy (non-hydrogen) atoms. The summed E-state index contributed by atoms with van der Waals surface area (Å²) < 4.78 is 0. The fraction of sp³-hybridized carbons (Fsp3) is 0.700. The Hall–Kier alpha value is -0.410. The van der Waals surface area contributed by atoms with E-state index in [0.717, 1.165) is 10.7 Å². The highest BCUT2D eigenvalue weighted by molar-refractivity contribution is 7.09. The van der Waals surface area contributed by atoms with Gasteiger partial charge >= 0.3 is 0 Å². The number of aliphatic hydroxyl groups is 1. The van der Waals surface area contributed by atoms with Crippen molar-refractivity contribution >= 4 is 11.3 Å². The summed E-state index contributed by atoms with van der Waals surface area (Å²) in [7, 11) is 0. The van der Waals surface area contributed by atoms with Crippen molar-refractivity contribution < 1.29 is 5.11 Å². The summed E-state index contributed by atoms with van der Waals surface area (Å²) in [6.45, 7) is 8.43. The second-order valence-corrected chi connectivity index (χ2v) is 5.13. The second kappa shape index (κ2) is 3.76. The first-order valence-corrected chi connectivity index (χ1v) is 5.42. The van der Waals surface area contributed by atoms with Gasteiger partial charge in [0.15, 0.2) is 0 Å². The van der Waals surface area contributed by atoms with E-state index in [1.165, 1.54) is 0 Å². The maximum Gasteiger partial charge on any atom is 0.101 e. The summed E-state index contributed by atoms with van der Waals surface area (Å²) in [5.41, 5.74) is 0.930. The molecule has 1 rings (SSSR count). The van der Waals surface area contributed by atoms with Crippen LogP contribution in [0.25, 0.3) is 0 Å². The molecular weight excluding hydrogens is 182 g/mol. The van der Waals surface area contributed by atoms with Crippen LogP contribution in [0.5, 0.6) is 0 Å². The molecule has 1 N–H and O–H groups in total. The van der Waals surface area contributed by atoms with E-state index >= 15 is 0 Å². The Balaban J connectivity index is 2.91. The van der Waals surface area contributed by atoms with Crippen molar-refractivity contribution in [2.45, 2.75) is 39.0 Å². The van der Waals surface area contributed by atoms with Gasteiger partial charge in [-0.15, -0.1) is 11.3 Å². The van der Waals surface area contributed by atoms with E-state index in [1.54, 1.807) is 11.3 Å². The van der Waals surface area contributed by atoms with Crippen LogP contribution in [-0.2, 0) is 5.41 Å². The third-order valence-corrected chi connectivity index (χ3v) is 3.31. The molecule has 0 aliphatic heterocycles.